The number of rotatable bonds is 8. The number of carbonyl (C=O) groups is 1. The average molecular weight is 515 g/mol. The topological polar surface area (TPSA) is 93.5 Å². The van der Waals surface area contributed by atoms with E-state index >= 15 is 0 Å². The predicted octanol–water partition coefficient (Wildman–Crippen LogP) is 4.04. The van der Waals surface area contributed by atoms with Crippen LogP contribution in [0.25, 0.3) is 5.69 Å². The lowest BCUT2D eigenvalue weighted by Crippen LogP contribution is -2.30. The molecule has 0 saturated carbocycles. The Hall–Kier alpha value is -4.28. The monoisotopic (exact) mass is 514 g/mol. The summed E-state index contributed by atoms with van der Waals surface area (Å²) in [7, 11) is 3.03. The van der Waals surface area contributed by atoms with Gasteiger partial charge in [-0.15, -0.1) is 0 Å². The molecule has 0 spiro atoms. The van der Waals surface area contributed by atoms with Crippen molar-refractivity contribution in [3.05, 3.63) is 96.8 Å². The highest BCUT2D eigenvalue weighted by atomic mass is 32.1. The van der Waals surface area contributed by atoms with Crippen molar-refractivity contribution in [3.8, 4) is 11.4 Å². The first-order valence-electron chi connectivity index (χ1n) is 11.7. The van der Waals surface area contributed by atoms with E-state index in [1.165, 1.54) is 7.11 Å². The molecule has 1 fully saturated rings. The molecule has 0 aliphatic carbocycles. The Morgan fingerprint density at radius 1 is 1.08 bits per heavy atom. The second-order valence-corrected chi connectivity index (χ2v) is 8.76. The van der Waals surface area contributed by atoms with E-state index < -0.39 is 0 Å². The molecule has 1 aromatic carbocycles. The van der Waals surface area contributed by atoms with Crippen LogP contribution in [0.1, 0.15) is 23.5 Å². The summed E-state index contributed by atoms with van der Waals surface area (Å²) in [6.07, 6.45) is 7.35. The lowest BCUT2D eigenvalue weighted by Gasteiger charge is -2.29. The van der Waals surface area contributed by atoms with E-state index in [-0.39, 0.29) is 24.6 Å². The van der Waals surface area contributed by atoms with Gasteiger partial charge in [0.15, 0.2) is 5.11 Å². The van der Waals surface area contributed by atoms with Gasteiger partial charge in [0, 0.05) is 37.1 Å². The molecule has 188 valence electrons. The number of amides is 1. The maximum absolute atomic E-state index is 12.3. The Morgan fingerprint density at radius 2 is 1.97 bits per heavy atom. The van der Waals surface area contributed by atoms with E-state index in [2.05, 4.69) is 31.2 Å². The number of anilines is 2. The van der Waals surface area contributed by atoms with Gasteiger partial charge in [-0.25, -0.2) is 0 Å². The molecular formula is C27H26N6O3S. The summed E-state index contributed by atoms with van der Waals surface area (Å²) in [6, 6.07) is 18.9. The van der Waals surface area contributed by atoms with Crippen molar-refractivity contribution < 1.29 is 14.3 Å². The molecule has 9 nitrogen and oxygen atoms in total. The summed E-state index contributed by atoms with van der Waals surface area (Å²) < 4.78 is 12.6. The van der Waals surface area contributed by atoms with Gasteiger partial charge in [0.05, 0.1) is 36.4 Å². The largest absolute Gasteiger partial charge is 0.495 e. The number of hydrogen-bond donors (Lipinski definition) is 2. The van der Waals surface area contributed by atoms with Crippen molar-refractivity contribution in [1.82, 2.24) is 19.9 Å². The van der Waals surface area contributed by atoms with Crippen molar-refractivity contribution in [2.75, 3.05) is 31.0 Å². The average Bonchev–Trinajstić information content (AvgIpc) is 3.54. The van der Waals surface area contributed by atoms with Crippen LogP contribution >= 0.6 is 12.2 Å². The first kappa shape index (κ1) is 24.4. The molecule has 37 heavy (non-hydrogen) atoms. The molecule has 1 aliphatic heterocycles. The SMILES string of the molecule is COCC(=O)Nc1cc(N2C(=S)N[C@@H](c3ccccn3)[C@@H]2c2cccn2-c2cccnc2)ccc1OC. The number of pyridine rings is 2. The van der Waals surface area contributed by atoms with Crippen LogP contribution in [0, 0.1) is 0 Å². The molecule has 3 aromatic heterocycles. The zero-order valence-electron chi connectivity index (χ0n) is 20.4. The zero-order chi connectivity index (χ0) is 25.8. The number of thiocarbonyl (C=S) groups is 1. The molecule has 1 amide bonds. The fourth-order valence-electron chi connectivity index (χ4n) is 4.56. The fraction of sp³-hybridized carbons (Fsp3) is 0.185. The second-order valence-electron chi connectivity index (χ2n) is 8.38. The van der Waals surface area contributed by atoms with Gasteiger partial charge in [-0.3, -0.25) is 14.8 Å². The van der Waals surface area contributed by atoms with E-state index in [1.807, 2.05) is 71.9 Å². The molecule has 2 N–H and O–H groups in total. The van der Waals surface area contributed by atoms with Gasteiger partial charge in [0.1, 0.15) is 18.4 Å². The maximum Gasteiger partial charge on any atom is 0.250 e. The van der Waals surface area contributed by atoms with Crippen LogP contribution in [-0.2, 0) is 9.53 Å². The molecule has 4 aromatic rings. The number of nitrogens with zero attached hydrogens (tertiary/aromatic N) is 4. The lowest BCUT2D eigenvalue weighted by atomic mass is 10.0. The highest BCUT2D eigenvalue weighted by Gasteiger charge is 2.42. The summed E-state index contributed by atoms with van der Waals surface area (Å²) in [5, 5.41) is 6.88. The Kier molecular flexibility index (Phi) is 7.11. The Balaban J connectivity index is 1.62. The number of methoxy groups -OCH3 is 2. The summed E-state index contributed by atoms with van der Waals surface area (Å²) >= 11 is 5.87. The van der Waals surface area contributed by atoms with Gasteiger partial charge >= 0.3 is 0 Å². The third kappa shape index (κ3) is 4.89. The van der Waals surface area contributed by atoms with Crippen molar-refractivity contribution in [2.24, 2.45) is 0 Å². The summed E-state index contributed by atoms with van der Waals surface area (Å²) in [5.74, 6) is 0.247. The highest BCUT2D eigenvalue weighted by molar-refractivity contribution is 7.80. The Morgan fingerprint density at radius 3 is 2.70 bits per heavy atom. The number of aromatic nitrogens is 3. The minimum absolute atomic E-state index is 0.0694. The van der Waals surface area contributed by atoms with Crippen LogP contribution in [-0.4, -0.2) is 46.4 Å². The molecule has 2 atom stereocenters. The van der Waals surface area contributed by atoms with Crippen LogP contribution in [0.3, 0.4) is 0 Å². The van der Waals surface area contributed by atoms with E-state index in [4.69, 9.17) is 21.7 Å². The number of nitrogens with one attached hydrogen (secondary N) is 2. The first-order chi connectivity index (χ1) is 18.1. The van der Waals surface area contributed by atoms with Crippen LogP contribution in [0.5, 0.6) is 5.75 Å². The minimum Gasteiger partial charge on any atom is -0.495 e. The zero-order valence-corrected chi connectivity index (χ0v) is 21.2. The molecule has 1 aliphatic rings. The van der Waals surface area contributed by atoms with E-state index in [1.54, 1.807) is 19.5 Å². The first-order valence-corrected chi connectivity index (χ1v) is 12.1. The van der Waals surface area contributed by atoms with Gasteiger partial charge in [0.25, 0.3) is 0 Å². The second kappa shape index (κ2) is 10.8. The van der Waals surface area contributed by atoms with E-state index in [0.29, 0.717) is 16.5 Å². The molecule has 0 unspecified atom stereocenters. The lowest BCUT2D eigenvalue weighted by molar-refractivity contribution is -0.119. The quantitative estimate of drug-likeness (QED) is 0.341. The van der Waals surface area contributed by atoms with Crippen LogP contribution < -0.4 is 20.3 Å². The standard InChI is InChI=1S/C27H26N6O3S/c1-35-17-24(34)30-21-15-18(10-11-23(21)36-2)33-26(25(31-27(33)37)20-8-3-4-13-29-20)22-9-6-14-32(22)19-7-5-12-28-16-19/h3-16,25-26H,17H2,1-2H3,(H,30,34)(H,31,37)/t25-,26-/m0/s1. The highest BCUT2D eigenvalue weighted by Crippen LogP contribution is 2.43. The molecule has 10 heteroatoms. The molecule has 0 radical (unpaired) electrons. The van der Waals surface area contributed by atoms with Gasteiger partial charge in [-0.2, -0.15) is 0 Å². The number of benzene rings is 1. The number of ether oxygens (including phenoxy) is 2. The molecule has 1 saturated heterocycles. The summed E-state index contributed by atoms with van der Waals surface area (Å²) in [6.45, 7) is -0.0694. The van der Waals surface area contributed by atoms with Gasteiger partial charge in [-0.1, -0.05) is 6.07 Å². The van der Waals surface area contributed by atoms with E-state index in [0.717, 1.165) is 22.8 Å². The molecule has 5 rings (SSSR count). The van der Waals surface area contributed by atoms with Crippen LogP contribution in [0.2, 0.25) is 0 Å². The molecular weight excluding hydrogens is 488 g/mol. The van der Waals surface area contributed by atoms with Gasteiger partial charge in [0.2, 0.25) is 5.91 Å². The molecule has 0 bridgehead atoms. The van der Waals surface area contributed by atoms with Gasteiger partial charge < -0.3 is 29.6 Å². The van der Waals surface area contributed by atoms with Crippen molar-refractivity contribution in [3.63, 3.8) is 0 Å². The smallest absolute Gasteiger partial charge is 0.250 e. The van der Waals surface area contributed by atoms with Crippen molar-refractivity contribution >= 4 is 34.6 Å². The number of carbonyl (C=O) groups excluding carboxylic acids is 1. The van der Waals surface area contributed by atoms with Crippen molar-refractivity contribution in [2.45, 2.75) is 12.1 Å². The van der Waals surface area contributed by atoms with Gasteiger partial charge in [-0.05, 0) is 66.8 Å². The third-order valence-corrected chi connectivity index (χ3v) is 6.43. The predicted molar refractivity (Wildman–Crippen MR) is 145 cm³/mol. The van der Waals surface area contributed by atoms with Crippen LogP contribution in [0.4, 0.5) is 11.4 Å². The summed E-state index contributed by atoms with van der Waals surface area (Å²) in [4.78, 5) is 23.3. The van der Waals surface area contributed by atoms with E-state index in [9.17, 15) is 4.79 Å². The van der Waals surface area contributed by atoms with Crippen LogP contribution in [0.15, 0.2) is 85.5 Å². The number of hydrogen-bond acceptors (Lipinski definition) is 6. The fourth-order valence-corrected chi connectivity index (χ4v) is 4.91. The molecule has 4 heterocycles. The summed E-state index contributed by atoms with van der Waals surface area (Å²) in [5.41, 5.74) is 4.10. The van der Waals surface area contributed by atoms with Crippen molar-refractivity contribution in [1.29, 1.82) is 0 Å². The Labute approximate surface area is 220 Å². The normalized spacial score (nSPS) is 16.9. The third-order valence-electron chi connectivity index (χ3n) is 6.12. The Bertz CT molecular complexity index is 1400. The maximum atomic E-state index is 12.3. The minimum atomic E-state index is -0.284.